The molecule has 0 spiro atoms. The summed E-state index contributed by atoms with van der Waals surface area (Å²) in [5.74, 6) is 0. The first kappa shape index (κ1) is 12.2. The van der Waals surface area contributed by atoms with Crippen molar-refractivity contribution in [1.29, 1.82) is 0 Å². The first-order valence-electron chi connectivity index (χ1n) is 4.44. The molecule has 2 rings (SSSR count). The van der Waals surface area contributed by atoms with Crippen molar-refractivity contribution in [1.82, 2.24) is 4.98 Å². The molecule has 2 aromatic rings. The minimum atomic E-state index is 0.635. The lowest BCUT2D eigenvalue weighted by Crippen LogP contribution is -1.99. The number of rotatable bonds is 3. The van der Waals surface area contributed by atoms with Crippen LogP contribution in [0.25, 0.3) is 0 Å². The fourth-order valence-corrected chi connectivity index (χ4v) is 2.63. The van der Waals surface area contributed by atoms with Gasteiger partial charge in [-0.15, -0.1) is 11.3 Å². The van der Waals surface area contributed by atoms with Crippen molar-refractivity contribution in [3.63, 3.8) is 0 Å². The van der Waals surface area contributed by atoms with Crippen LogP contribution in [0.5, 0.6) is 0 Å². The van der Waals surface area contributed by atoms with Gasteiger partial charge in [0.05, 0.1) is 18.4 Å². The molecule has 0 amide bonds. The summed E-state index contributed by atoms with van der Waals surface area (Å²) in [6.07, 6.45) is 1.65. The third-order valence-electron chi connectivity index (χ3n) is 1.88. The van der Waals surface area contributed by atoms with Crippen molar-refractivity contribution in [2.45, 2.75) is 6.54 Å². The molecule has 1 N–H and O–H groups in total. The van der Waals surface area contributed by atoms with Gasteiger partial charge in [0, 0.05) is 9.50 Å². The normalized spacial score (nSPS) is 10.4. The van der Waals surface area contributed by atoms with Gasteiger partial charge in [0.15, 0.2) is 0 Å². The summed E-state index contributed by atoms with van der Waals surface area (Å²) in [6.45, 7) is 0.635. The van der Waals surface area contributed by atoms with E-state index in [1.165, 1.54) is 11.3 Å². The number of thiazole rings is 1. The number of anilines is 1. The van der Waals surface area contributed by atoms with Gasteiger partial charge < -0.3 is 5.32 Å². The largest absolute Gasteiger partial charge is 0.378 e. The van der Waals surface area contributed by atoms with Crippen LogP contribution in [0.1, 0.15) is 5.01 Å². The Balaban J connectivity index is 2.07. The van der Waals surface area contributed by atoms with Gasteiger partial charge in [-0.3, -0.25) is 0 Å². The van der Waals surface area contributed by atoms with E-state index in [9.17, 15) is 0 Å². The van der Waals surface area contributed by atoms with E-state index in [4.69, 9.17) is 23.2 Å². The Hall–Kier alpha value is -0.290. The average Bonchev–Trinajstić information content (AvgIpc) is 2.66. The summed E-state index contributed by atoms with van der Waals surface area (Å²) >= 11 is 16.6. The van der Waals surface area contributed by atoms with Crippen LogP contribution >= 0.6 is 50.5 Å². The summed E-state index contributed by atoms with van der Waals surface area (Å²) in [7, 11) is 0. The van der Waals surface area contributed by atoms with Gasteiger partial charge in [-0.05, 0) is 34.1 Å². The molecule has 16 heavy (non-hydrogen) atoms. The van der Waals surface area contributed by atoms with Gasteiger partial charge in [0.2, 0.25) is 0 Å². The maximum absolute atomic E-state index is 5.91. The van der Waals surface area contributed by atoms with Crippen molar-refractivity contribution < 1.29 is 0 Å². The number of hydrogen-bond acceptors (Lipinski definition) is 3. The molecule has 0 bridgehead atoms. The van der Waals surface area contributed by atoms with Crippen molar-refractivity contribution in [3.8, 4) is 0 Å². The molecule has 0 fully saturated rings. The summed E-state index contributed by atoms with van der Waals surface area (Å²) in [5, 5.41) is 4.88. The zero-order chi connectivity index (χ0) is 11.5. The molecule has 1 heterocycles. The van der Waals surface area contributed by atoms with Crippen LogP contribution in [-0.4, -0.2) is 4.98 Å². The Bertz CT molecular complexity index is 501. The van der Waals surface area contributed by atoms with Crippen molar-refractivity contribution in [2.24, 2.45) is 0 Å². The van der Waals surface area contributed by atoms with Gasteiger partial charge in [-0.1, -0.05) is 23.2 Å². The average molecular weight is 338 g/mol. The van der Waals surface area contributed by atoms with E-state index >= 15 is 0 Å². The number of aromatic nitrogens is 1. The fraction of sp³-hybridized carbons (Fsp3) is 0.100. The van der Waals surface area contributed by atoms with Gasteiger partial charge >= 0.3 is 0 Å². The molecule has 0 radical (unpaired) electrons. The highest BCUT2D eigenvalue weighted by Crippen LogP contribution is 2.27. The monoisotopic (exact) mass is 336 g/mol. The molecule has 6 heteroatoms. The lowest BCUT2D eigenvalue weighted by atomic mass is 10.3. The molecule has 0 aliphatic rings. The van der Waals surface area contributed by atoms with Crippen LogP contribution < -0.4 is 5.32 Å². The first-order chi connectivity index (χ1) is 7.65. The van der Waals surface area contributed by atoms with Gasteiger partial charge in [-0.2, -0.15) is 0 Å². The van der Waals surface area contributed by atoms with Crippen molar-refractivity contribution in [3.05, 3.63) is 43.2 Å². The smallest absolute Gasteiger partial charge is 0.113 e. The maximum Gasteiger partial charge on any atom is 0.113 e. The second-order valence-corrected chi connectivity index (χ2v) is 6.07. The Kier molecular flexibility index (Phi) is 4.08. The SMILES string of the molecule is Clc1ccc(Br)c(NCc2ncc(Cl)s2)c1. The van der Waals surface area contributed by atoms with E-state index in [2.05, 4.69) is 26.2 Å². The molecule has 0 saturated heterocycles. The molecule has 0 atom stereocenters. The highest BCUT2D eigenvalue weighted by Gasteiger charge is 2.03. The van der Waals surface area contributed by atoms with Crippen LogP contribution in [0.15, 0.2) is 28.9 Å². The second kappa shape index (κ2) is 5.36. The first-order valence-corrected chi connectivity index (χ1v) is 6.81. The predicted octanol–water partition coefficient (Wildman–Crippen LogP) is 4.82. The van der Waals surface area contributed by atoms with E-state index in [0.717, 1.165) is 15.2 Å². The predicted molar refractivity (Wildman–Crippen MR) is 73.6 cm³/mol. The molecule has 1 aromatic carbocycles. The standard InChI is InChI=1S/C10H7BrCl2N2S/c11-7-2-1-6(12)3-8(7)14-5-10-15-4-9(13)16-10/h1-4,14H,5H2. The topological polar surface area (TPSA) is 24.9 Å². The molecule has 0 unspecified atom stereocenters. The maximum atomic E-state index is 5.91. The molecule has 0 saturated carbocycles. The van der Waals surface area contributed by atoms with E-state index in [1.54, 1.807) is 6.20 Å². The third-order valence-corrected chi connectivity index (χ3v) is 3.93. The Morgan fingerprint density at radius 3 is 2.88 bits per heavy atom. The zero-order valence-corrected chi connectivity index (χ0v) is 11.9. The van der Waals surface area contributed by atoms with Crippen molar-refractivity contribution in [2.75, 3.05) is 5.32 Å². The summed E-state index contributed by atoms with van der Waals surface area (Å²) in [5.41, 5.74) is 0.943. The summed E-state index contributed by atoms with van der Waals surface area (Å²) in [6, 6.07) is 5.59. The number of hydrogen-bond donors (Lipinski definition) is 1. The third kappa shape index (κ3) is 3.10. The molecular formula is C10H7BrCl2N2S. The fourth-order valence-electron chi connectivity index (χ4n) is 1.17. The Morgan fingerprint density at radius 2 is 2.19 bits per heavy atom. The Morgan fingerprint density at radius 1 is 1.38 bits per heavy atom. The highest BCUT2D eigenvalue weighted by molar-refractivity contribution is 9.10. The summed E-state index contributed by atoms with van der Waals surface area (Å²) in [4.78, 5) is 4.16. The van der Waals surface area contributed by atoms with Crippen LogP contribution in [0.3, 0.4) is 0 Å². The molecule has 1 aromatic heterocycles. The number of nitrogens with one attached hydrogen (secondary N) is 1. The highest BCUT2D eigenvalue weighted by atomic mass is 79.9. The molecular weight excluding hydrogens is 331 g/mol. The minimum absolute atomic E-state index is 0.635. The van der Waals surface area contributed by atoms with E-state index in [1.807, 2.05) is 18.2 Å². The second-order valence-electron chi connectivity index (χ2n) is 3.04. The zero-order valence-electron chi connectivity index (χ0n) is 8.01. The number of benzene rings is 1. The van der Waals surface area contributed by atoms with Crippen LogP contribution in [0, 0.1) is 0 Å². The molecule has 0 aliphatic heterocycles. The lowest BCUT2D eigenvalue weighted by molar-refractivity contribution is 1.10. The van der Waals surface area contributed by atoms with Crippen LogP contribution in [0.2, 0.25) is 9.36 Å². The Labute approximate surface area is 116 Å². The molecule has 0 aliphatic carbocycles. The number of halogens is 3. The van der Waals surface area contributed by atoms with Crippen LogP contribution in [-0.2, 0) is 6.54 Å². The van der Waals surface area contributed by atoms with Gasteiger partial charge in [0.1, 0.15) is 9.34 Å². The summed E-state index contributed by atoms with van der Waals surface area (Å²) < 4.78 is 1.67. The lowest BCUT2D eigenvalue weighted by Gasteiger charge is -2.06. The van der Waals surface area contributed by atoms with Crippen LogP contribution in [0.4, 0.5) is 5.69 Å². The van der Waals surface area contributed by atoms with E-state index in [-0.39, 0.29) is 0 Å². The van der Waals surface area contributed by atoms with E-state index < -0.39 is 0 Å². The molecule has 84 valence electrons. The minimum Gasteiger partial charge on any atom is -0.378 e. The number of nitrogens with zero attached hydrogens (tertiary/aromatic N) is 1. The quantitative estimate of drug-likeness (QED) is 0.868. The van der Waals surface area contributed by atoms with Crippen molar-refractivity contribution >= 4 is 56.2 Å². The van der Waals surface area contributed by atoms with Gasteiger partial charge in [0.25, 0.3) is 0 Å². The van der Waals surface area contributed by atoms with E-state index in [0.29, 0.717) is 15.9 Å². The van der Waals surface area contributed by atoms with Gasteiger partial charge in [-0.25, -0.2) is 4.98 Å². The molecule has 2 nitrogen and oxygen atoms in total.